The summed E-state index contributed by atoms with van der Waals surface area (Å²) in [7, 11) is 0. The van der Waals surface area contributed by atoms with E-state index in [1.54, 1.807) is 6.92 Å². The fourth-order valence-electron chi connectivity index (χ4n) is 1.74. The second kappa shape index (κ2) is 5.71. The van der Waals surface area contributed by atoms with Crippen molar-refractivity contribution in [3.63, 3.8) is 0 Å². The zero-order valence-corrected chi connectivity index (χ0v) is 11.1. The fraction of sp³-hybridized carbons (Fsp3) is 0.727. The molecule has 1 saturated carbocycles. The molecule has 1 aromatic rings. The van der Waals surface area contributed by atoms with Gasteiger partial charge in [0.2, 0.25) is 0 Å². The van der Waals surface area contributed by atoms with E-state index >= 15 is 0 Å². The molecule has 6 nitrogen and oxygen atoms in total. The molecule has 0 amide bonds. The van der Waals surface area contributed by atoms with Crippen LogP contribution in [0, 0.1) is 0 Å². The highest BCUT2D eigenvalue weighted by molar-refractivity contribution is 7.99. The van der Waals surface area contributed by atoms with Gasteiger partial charge in [-0.25, -0.2) is 0 Å². The topological polar surface area (TPSA) is 88.2 Å². The van der Waals surface area contributed by atoms with E-state index in [1.807, 2.05) is 4.57 Å². The minimum absolute atomic E-state index is 0.00125. The molecular weight excluding hydrogens is 254 g/mol. The molecule has 1 aliphatic rings. The highest BCUT2D eigenvalue weighted by Crippen LogP contribution is 2.38. The number of aliphatic hydroxyl groups is 1. The smallest absolute Gasteiger partial charge is 0.313 e. The zero-order valence-electron chi connectivity index (χ0n) is 10.2. The van der Waals surface area contributed by atoms with Crippen molar-refractivity contribution in [3.8, 4) is 0 Å². The summed E-state index contributed by atoms with van der Waals surface area (Å²) in [6.45, 7) is 1.75. The molecule has 0 bridgehead atoms. The lowest BCUT2D eigenvalue weighted by Gasteiger charge is -2.08. The molecule has 100 valence electrons. The molecule has 0 spiro atoms. The third-order valence-corrected chi connectivity index (χ3v) is 3.69. The first-order valence-electron chi connectivity index (χ1n) is 6.04. The van der Waals surface area contributed by atoms with Gasteiger partial charge in [-0.3, -0.25) is 4.79 Å². The lowest BCUT2D eigenvalue weighted by atomic mass is 10.2. The van der Waals surface area contributed by atoms with Crippen molar-refractivity contribution >= 4 is 17.7 Å². The number of aliphatic hydroxyl groups excluding tert-OH is 1. The Morgan fingerprint density at radius 1 is 1.56 bits per heavy atom. The number of aryl methyl sites for hydroxylation is 1. The van der Waals surface area contributed by atoms with Crippen LogP contribution in [-0.2, 0) is 11.2 Å². The molecule has 18 heavy (non-hydrogen) atoms. The summed E-state index contributed by atoms with van der Waals surface area (Å²) in [4.78, 5) is 10.6. The molecule has 1 heterocycles. The summed E-state index contributed by atoms with van der Waals surface area (Å²) in [5.41, 5.74) is 0. The van der Waals surface area contributed by atoms with Gasteiger partial charge >= 0.3 is 5.97 Å². The zero-order chi connectivity index (χ0) is 13.1. The van der Waals surface area contributed by atoms with E-state index in [2.05, 4.69) is 10.2 Å². The SMILES string of the molecule is CC(O)CCc1nnc(SCC(=O)O)n1C1CC1. The van der Waals surface area contributed by atoms with E-state index in [1.165, 1.54) is 11.8 Å². The Labute approximate surface area is 109 Å². The third kappa shape index (κ3) is 3.46. The van der Waals surface area contributed by atoms with Crippen LogP contribution in [0.4, 0.5) is 0 Å². The molecule has 0 radical (unpaired) electrons. The van der Waals surface area contributed by atoms with Crippen molar-refractivity contribution in [2.45, 2.75) is 49.9 Å². The molecule has 1 fully saturated rings. The second-order valence-corrected chi connectivity index (χ2v) is 5.51. The van der Waals surface area contributed by atoms with Crippen LogP contribution >= 0.6 is 11.8 Å². The monoisotopic (exact) mass is 271 g/mol. The number of hydrogen-bond donors (Lipinski definition) is 2. The van der Waals surface area contributed by atoms with Gasteiger partial charge in [0.15, 0.2) is 5.16 Å². The van der Waals surface area contributed by atoms with Crippen molar-refractivity contribution in [1.29, 1.82) is 0 Å². The van der Waals surface area contributed by atoms with Gasteiger partial charge in [0.1, 0.15) is 5.82 Å². The van der Waals surface area contributed by atoms with Crippen LogP contribution in [0.3, 0.4) is 0 Å². The molecule has 0 saturated heterocycles. The normalized spacial score (nSPS) is 16.8. The number of rotatable bonds is 7. The van der Waals surface area contributed by atoms with Crippen molar-refractivity contribution in [2.75, 3.05) is 5.75 Å². The predicted molar refractivity (Wildman–Crippen MR) is 66.7 cm³/mol. The van der Waals surface area contributed by atoms with Gasteiger partial charge < -0.3 is 14.8 Å². The first kappa shape index (κ1) is 13.4. The lowest BCUT2D eigenvalue weighted by Crippen LogP contribution is -2.08. The molecular formula is C11H17N3O3S. The Morgan fingerprint density at radius 3 is 2.83 bits per heavy atom. The number of carboxylic acids is 1. The van der Waals surface area contributed by atoms with E-state index in [0.29, 0.717) is 24.0 Å². The van der Waals surface area contributed by atoms with Crippen LogP contribution in [0.2, 0.25) is 0 Å². The van der Waals surface area contributed by atoms with Gasteiger partial charge in [-0.2, -0.15) is 0 Å². The third-order valence-electron chi connectivity index (χ3n) is 2.76. The number of thioether (sulfide) groups is 1. The van der Waals surface area contributed by atoms with Gasteiger partial charge in [-0.15, -0.1) is 10.2 Å². The van der Waals surface area contributed by atoms with Gasteiger partial charge in [0, 0.05) is 12.5 Å². The standard InChI is InChI=1S/C11H17N3O3S/c1-7(15)2-5-9-12-13-11(18-6-10(16)17)14(9)8-3-4-8/h7-8,15H,2-6H2,1H3,(H,16,17). The van der Waals surface area contributed by atoms with Crippen molar-refractivity contribution in [3.05, 3.63) is 5.82 Å². The molecule has 1 atom stereocenters. The van der Waals surface area contributed by atoms with Crippen LogP contribution in [-0.4, -0.2) is 42.8 Å². The van der Waals surface area contributed by atoms with Crippen LogP contribution in [0.1, 0.15) is 38.1 Å². The number of aliphatic carboxylic acids is 1. The first-order chi connectivity index (χ1) is 8.58. The average molecular weight is 271 g/mol. The van der Waals surface area contributed by atoms with E-state index < -0.39 is 5.97 Å². The Bertz CT molecular complexity index is 429. The maximum Gasteiger partial charge on any atom is 0.313 e. The number of aromatic nitrogens is 3. The maximum atomic E-state index is 10.6. The van der Waals surface area contributed by atoms with Crippen molar-refractivity contribution in [1.82, 2.24) is 14.8 Å². The minimum Gasteiger partial charge on any atom is -0.481 e. The Balaban J connectivity index is 2.07. The highest BCUT2D eigenvalue weighted by atomic mass is 32.2. The number of carbonyl (C=O) groups is 1. The van der Waals surface area contributed by atoms with Crippen LogP contribution in [0.5, 0.6) is 0 Å². The first-order valence-corrected chi connectivity index (χ1v) is 7.03. The van der Waals surface area contributed by atoms with Crippen LogP contribution in [0.25, 0.3) is 0 Å². The Hall–Kier alpha value is -1.08. The summed E-state index contributed by atoms with van der Waals surface area (Å²) in [6.07, 6.45) is 3.16. The molecule has 1 aliphatic carbocycles. The van der Waals surface area contributed by atoms with E-state index in [9.17, 15) is 9.90 Å². The maximum absolute atomic E-state index is 10.6. The summed E-state index contributed by atoms with van der Waals surface area (Å²) < 4.78 is 2.04. The summed E-state index contributed by atoms with van der Waals surface area (Å²) in [5.74, 6) is 0.00325. The summed E-state index contributed by atoms with van der Waals surface area (Å²) >= 11 is 1.21. The molecule has 7 heteroatoms. The molecule has 0 aliphatic heterocycles. The highest BCUT2D eigenvalue weighted by Gasteiger charge is 2.29. The van der Waals surface area contributed by atoms with E-state index in [4.69, 9.17) is 5.11 Å². The molecule has 2 rings (SSSR count). The van der Waals surface area contributed by atoms with Crippen molar-refractivity contribution in [2.24, 2.45) is 0 Å². The Kier molecular flexibility index (Phi) is 4.23. The molecule has 1 aromatic heterocycles. The quantitative estimate of drug-likeness (QED) is 0.722. The molecule has 0 aromatic carbocycles. The summed E-state index contributed by atoms with van der Waals surface area (Å²) in [6, 6.07) is 0.417. The predicted octanol–water partition coefficient (Wildman–Crippen LogP) is 1.10. The van der Waals surface area contributed by atoms with E-state index in [0.717, 1.165) is 18.7 Å². The molecule has 1 unspecified atom stereocenters. The average Bonchev–Trinajstić information content (AvgIpc) is 3.05. The number of hydrogen-bond acceptors (Lipinski definition) is 5. The number of nitrogens with zero attached hydrogens (tertiary/aromatic N) is 3. The Morgan fingerprint density at radius 2 is 2.28 bits per heavy atom. The van der Waals surface area contributed by atoms with Gasteiger partial charge in [-0.05, 0) is 26.2 Å². The summed E-state index contributed by atoms with van der Waals surface area (Å²) in [5, 5.41) is 26.8. The lowest BCUT2D eigenvalue weighted by molar-refractivity contribution is -0.133. The van der Waals surface area contributed by atoms with Gasteiger partial charge in [0.25, 0.3) is 0 Å². The van der Waals surface area contributed by atoms with Crippen LogP contribution in [0.15, 0.2) is 5.16 Å². The molecule has 2 N–H and O–H groups in total. The van der Waals surface area contributed by atoms with E-state index in [-0.39, 0.29) is 11.9 Å². The number of carboxylic acid groups (broad SMARTS) is 1. The fourth-order valence-corrected chi connectivity index (χ4v) is 2.48. The van der Waals surface area contributed by atoms with Gasteiger partial charge in [0.05, 0.1) is 11.9 Å². The van der Waals surface area contributed by atoms with Crippen LogP contribution < -0.4 is 0 Å². The van der Waals surface area contributed by atoms with Gasteiger partial charge in [-0.1, -0.05) is 11.8 Å². The van der Waals surface area contributed by atoms with Crippen molar-refractivity contribution < 1.29 is 15.0 Å². The second-order valence-electron chi connectivity index (χ2n) is 4.57. The largest absolute Gasteiger partial charge is 0.481 e. The minimum atomic E-state index is -0.851.